The normalized spacial score (nSPS) is 19.7. The molecule has 16 heavy (non-hydrogen) atoms. The molecule has 0 radical (unpaired) electrons. The number of carbonyl (C=O) groups excluding carboxylic acids is 1. The second-order valence-electron chi connectivity index (χ2n) is 3.62. The predicted molar refractivity (Wildman–Crippen MR) is 69.3 cm³/mol. The van der Waals surface area contributed by atoms with Gasteiger partial charge in [0.1, 0.15) is 0 Å². The number of amides is 1. The number of benzene rings is 1. The molecule has 90 valence electrons. The lowest BCUT2D eigenvalue weighted by Crippen LogP contribution is -2.47. The van der Waals surface area contributed by atoms with Crippen LogP contribution in [0.2, 0.25) is 0 Å². The lowest BCUT2D eigenvalue weighted by molar-refractivity contribution is -0.131. The Morgan fingerprint density at radius 3 is 2.44 bits per heavy atom. The minimum atomic E-state index is 0. The van der Waals surface area contributed by atoms with E-state index in [2.05, 4.69) is 17.4 Å². The van der Waals surface area contributed by atoms with Crippen LogP contribution in [0.3, 0.4) is 0 Å². The summed E-state index contributed by atoms with van der Waals surface area (Å²) in [4.78, 5) is 13.0. The van der Waals surface area contributed by atoms with Gasteiger partial charge in [0.25, 0.3) is 0 Å². The highest BCUT2D eigenvalue weighted by atomic mass is 35.5. The maximum absolute atomic E-state index is 11.2. The van der Waals surface area contributed by atoms with Crippen LogP contribution in [-0.4, -0.2) is 30.9 Å². The number of hydrogen-bond donors (Lipinski definition) is 1. The lowest BCUT2D eigenvalue weighted by atomic mass is 10.1. The second kappa shape index (κ2) is 6.74. The maximum atomic E-state index is 11.2. The number of hydrogen-bond acceptors (Lipinski definition) is 2. The van der Waals surface area contributed by atoms with Crippen molar-refractivity contribution in [3.8, 4) is 0 Å². The lowest BCUT2D eigenvalue weighted by Gasteiger charge is -2.30. The topological polar surface area (TPSA) is 32.3 Å². The zero-order valence-electron chi connectivity index (χ0n) is 9.05. The van der Waals surface area contributed by atoms with Gasteiger partial charge in [-0.1, -0.05) is 30.3 Å². The van der Waals surface area contributed by atoms with Crippen molar-refractivity contribution in [1.29, 1.82) is 0 Å². The number of likely N-dealkylation sites (N-methyl/N-ethyl adjacent to an activating group) is 1. The Hall–Kier alpha value is -0.770. The third-order valence-corrected chi connectivity index (χ3v) is 2.58. The van der Waals surface area contributed by atoms with Crippen molar-refractivity contribution in [2.75, 3.05) is 20.1 Å². The molecule has 1 aromatic carbocycles. The first-order chi connectivity index (χ1) is 6.77. The largest absolute Gasteiger partial charge is 0.343 e. The van der Waals surface area contributed by atoms with Gasteiger partial charge in [0, 0.05) is 13.6 Å². The summed E-state index contributed by atoms with van der Waals surface area (Å²) in [6, 6.07) is 10.5. The molecule has 0 saturated carbocycles. The van der Waals surface area contributed by atoms with E-state index >= 15 is 0 Å². The summed E-state index contributed by atoms with van der Waals surface area (Å²) in [5, 5.41) is 3.22. The SMILES string of the molecule is CN1CC(c2ccccc2)NCC1=O.Cl.Cl. The molecule has 0 aromatic heterocycles. The van der Waals surface area contributed by atoms with Crippen LogP contribution < -0.4 is 5.32 Å². The van der Waals surface area contributed by atoms with Crippen LogP contribution in [0.15, 0.2) is 30.3 Å². The first-order valence-electron chi connectivity index (χ1n) is 4.79. The smallest absolute Gasteiger partial charge is 0.236 e. The molecule has 1 aliphatic heterocycles. The molecule has 1 aromatic rings. The second-order valence-corrected chi connectivity index (χ2v) is 3.62. The van der Waals surface area contributed by atoms with Crippen LogP contribution in [0.4, 0.5) is 0 Å². The number of nitrogens with one attached hydrogen (secondary N) is 1. The summed E-state index contributed by atoms with van der Waals surface area (Å²) < 4.78 is 0. The van der Waals surface area contributed by atoms with Crippen LogP contribution in [-0.2, 0) is 4.79 Å². The third kappa shape index (κ3) is 3.37. The van der Waals surface area contributed by atoms with Crippen molar-refractivity contribution in [2.24, 2.45) is 0 Å². The summed E-state index contributed by atoms with van der Waals surface area (Å²) >= 11 is 0. The summed E-state index contributed by atoms with van der Waals surface area (Å²) in [7, 11) is 1.85. The van der Waals surface area contributed by atoms with E-state index in [1.807, 2.05) is 25.2 Å². The fourth-order valence-electron chi connectivity index (χ4n) is 1.69. The van der Waals surface area contributed by atoms with E-state index < -0.39 is 0 Å². The van der Waals surface area contributed by atoms with E-state index in [0.717, 1.165) is 6.54 Å². The fraction of sp³-hybridized carbons (Fsp3) is 0.364. The van der Waals surface area contributed by atoms with Gasteiger partial charge in [-0.2, -0.15) is 0 Å². The van der Waals surface area contributed by atoms with Crippen molar-refractivity contribution in [3.05, 3.63) is 35.9 Å². The molecule has 1 saturated heterocycles. The van der Waals surface area contributed by atoms with Gasteiger partial charge in [-0.3, -0.25) is 10.1 Å². The van der Waals surface area contributed by atoms with Gasteiger partial charge >= 0.3 is 0 Å². The average molecular weight is 263 g/mol. The highest BCUT2D eigenvalue weighted by Crippen LogP contribution is 2.15. The summed E-state index contributed by atoms with van der Waals surface area (Å²) in [5.74, 6) is 0.164. The summed E-state index contributed by atoms with van der Waals surface area (Å²) in [6.45, 7) is 1.19. The van der Waals surface area contributed by atoms with E-state index in [1.165, 1.54) is 5.56 Å². The molecule has 2 rings (SSSR count). The van der Waals surface area contributed by atoms with Crippen LogP contribution in [0, 0.1) is 0 Å². The highest BCUT2D eigenvalue weighted by molar-refractivity contribution is 5.85. The molecule has 1 atom stereocenters. The molecule has 1 fully saturated rings. The number of piperazine rings is 1. The van der Waals surface area contributed by atoms with Crippen LogP contribution in [0.5, 0.6) is 0 Å². The Morgan fingerprint density at radius 2 is 1.88 bits per heavy atom. The molecule has 0 spiro atoms. The summed E-state index contributed by atoms with van der Waals surface area (Å²) in [5.41, 5.74) is 1.24. The molecular formula is C11H16Cl2N2O. The monoisotopic (exact) mass is 262 g/mol. The van der Waals surface area contributed by atoms with Crippen molar-refractivity contribution in [2.45, 2.75) is 6.04 Å². The van der Waals surface area contributed by atoms with Crippen molar-refractivity contribution in [3.63, 3.8) is 0 Å². The van der Waals surface area contributed by atoms with Crippen molar-refractivity contribution < 1.29 is 4.79 Å². The first-order valence-corrected chi connectivity index (χ1v) is 4.79. The molecule has 1 heterocycles. The molecule has 1 N–H and O–H groups in total. The van der Waals surface area contributed by atoms with E-state index in [1.54, 1.807) is 4.90 Å². The minimum Gasteiger partial charge on any atom is -0.343 e. The Balaban J connectivity index is 0.00000112. The number of carbonyl (C=O) groups is 1. The molecule has 3 nitrogen and oxygen atoms in total. The predicted octanol–water partition coefficient (Wildman–Crippen LogP) is 1.63. The van der Waals surface area contributed by atoms with Gasteiger partial charge in [0.2, 0.25) is 5.91 Å². The van der Waals surface area contributed by atoms with Gasteiger partial charge in [0.05, 0.1) is 12.6 Å². The molecular weight excluding hydrogens is 247 g/mol. The molecule has 1 unspecified atom stereocenters. The average Bonchev–Trinajstić information content (AvgIpc) is 2.23. The molecule has 1 aliphatic rings. The van der Waals surface area contributed by atoms with E-state index in [4.69, 9.17) is 0 Å². The number of nitrogens with zero attached hydrogens (tertiary/aromatic N) is 1. The molecule has 5 heteroatoms. The summed E-state index contributed by atoms with van der Waals surface area (Å²) in [6.07, 6.45) is 0. The van der Waals surface area contributed by atoms with E-state index in [-0.39, 0.29) is 36.8 Å². The number of rotatable bonds is 1. The molecule has 0 aliphatic carbocycles. The van der Waals surface area contributed by atoms with Gasteiger partial charge < -0.3 is 4.90 Å². The van der Waals surface area contributed by atoms with Gasteiger partial charge in [-0.25, -0.2) is 0 Å². The first kappa shape index (κ1) is 15.2. The zero-order valence-corrected chi connectivity index (χ0v) is 10.7. The highest BCUT2D eigenvalue weighted by Gasteiger charge is 2.22. The van der Waals surface area contributed by atoms with Gasteiger partial charge in [0.15, 0.2) is 0 Å². The van der Waals surface area contributed by atoms with Crippen LogP contribution in [0.1, 0.15) is 11.6 Å². The Kier molecular flexibility index (Phi) is 6.41. The standard InChI is InChI=1S/C11H14N2O.2ClH/c1-13-8-10(12-7-11(13)14)9-5-3-2-4-6-9;;/h2-6,10,12H,7-8H2,1H3;2*1H. The third-order valence-electron chi connectivity index (χ3n) is 2.58. The number of halogens is 2. The Labute approximate surface area is 108 Å². The van der Waals surface area contributed by atoms with E-state index in [0.29, 0.717) is 6.54 Å². The van der Waals surface area contributed by atoms with Gasteiger partial charge in [-0.05, 0) is 5.56 Å². The molecule has 0 bridgehead atoms. The van der Waals surface area contributed by atoms with Gasteiger partial charge in [-0.15, -0.1) is 24.8 Å². The Morgan fingerprint density at radius 1 is 1.25 bits per heavy atom. The molecule has 1 amide bonds. The van der Waals surface area contributed by atoms with E-state index in [9.17, 15) is 4.79 Å². The van der Waals surface area contributed by atoms with Crippen LogP contribution in [0.25, 0.3) is 0 Å². The van der Waals surface area contributed by atoms with Crippen molar-refractivity contribution >= 4 is 30.7 Å². The van der Waals surface area contributed by atoms with Crippen LogP contribution >= 0.6 is 24.8 Å². The minimum absolute atomic E-state index is 0. The fourth-order valence-corrected chi connectivity index (χ4v) is 1.69. The maximum Gasteiger partial charge on any atom is 0.236 e. The van der Waals surface area contributed by atoms with Crippen molar-refractivity contribution in [1.82, 2.24) is 10.2 Å². The quantitative estimate of drug-likeness (QED) is 0.835. The zero-order chi connectivity index (χ0) is 9.97. The Bertz CT molecular complexity index is 332.